The van der Waals surface area contributed by atoms with Crippen LogP contribution in [0.5, 0.6) is 5.75 Å². The fraction of sp³-hybridized carbons (Fsp3) is 0.273. The summed E-state index contributed by atoms with van der Waals surface area (Å²) in [5, 5.41) is 6.95. The second-order valence-corrected chi connectivity index (χ2v) is 8.13. The minimum absolute atomic E-state index is 0.130. The molecule has 3 aromatic rings. The highest BCUT2D eigenvalue weighted by Crippen LogP contribution is 2.29. The number of aromatic nitrogens is 1. The van der Waals surface area contributed by atoms with E-state index >= 15 is 0 Å². The highest BCUT2D eigenvalue weighted by Gasteiger charge is 2.24. The van der Waals surface area contributed by atoms with Gasteiger partial charge in [0.1, 0.15) is 11.6 Å². The molecule has 1 fully saturated rings. The van der Waals surface area contributed by atoms with E-state index in [-0.39, 0.29) is 17.8 Å². The van der Waals surface area contributed by atoms with Crippen molar-refractivity contribution in [2.75, 3.05) is 12.4 Å². The van der Waals surface area contributed by atoms with E-state index in [0.717, 1.165) is 34.3 Å². The van der Waals surface area contributed by atoms with Crippen LogP contribution in [0.15, 0.2) is 48.7 Å². The van der Waals surface area contributed by atoms with Crippen molar-refractivity contribution in [3.05, 3.63) is 70.5 Å². The van der Waals surface area contributed by atoms with E-state index in [1.165, 1.54) is 17.4 Å². The van der Waals surface area contributed by atoms with Crippen molar-refractivity contribution >= 4 is 28.1 Å². The predicted octanol–water partition coefficient (Wildman–Crippen LogP) is 4.71. The number of ether oxygens (including phenoxy) is 1. The Labute approximate surface area is 172 Å². The van der Waals surface area contributed by atoms with E-state index in [0.29, 0.717) is 24.0 Å². The zero-order chi connectivity index (χ0) is 20.2. The number of rotatable bonds is 8. The first kappa shape index (κ1) is 19.4. The van der Waals surface area contributed by atoms with Crippen molar-refractivity contribution < 1.29 is 13.9 Å². The van der Waals surface area contributed by atoms with Crippen molar-refractivity contribution in [2.45, 2.75) is 31.7 Å². The SMILES string of the molecule is COc1ccccc1Nc1ncc(CCc2cc(C(=O)NC3CC3)ccc2F)s1. The lowest BCUT2D eigenvalue weighted by atomic mass is 10.0. The normalized spacial score (nSPS) is 13.2. The molecule has 1 heterocycles. The van der Waals surface area contributed by atoms with Gasteiger partial charge in [-0.1, -0.05) is 12.1 Å². The molecule has 0 bridgehead atoms. The van der Waals surface area contributed by atoms with Crippen molar-refractivity contribution in [1.82, 2.24) is 10.3 Å². The number of anilines is 2. The van der Waals surface area contributed by atoms with Crippen molar-refractivity contribution in [1.29, 1.82) is 0 Å². The van der Waals surface area contributed by atoms with Crippen LogP contribution in [-0.2, 0) is 12.8 Å². The first-order chi connectivity index (χ1) is 14.1. The highest BCUT2D eigenvalue weighted by molar-refractivity contribution is 7.15. The van der Waals surface area contributed by atoms with Gasteiger partial charge in [-0.3, -0.25) is 4.79 Å². The van der Waals surface area contributed by atoms with Gasteiger partial charge in [-0.05, 0) is 61.6 Å². The zero-order valence-corrected chi connectivity index (χ0v) is 16.9. The van der Waals surface area contributed by atoms with E-state index in [9.17, 15) is 9.18 Å². The van der Waals surface area contributed by atoms with Crippen LogP contribution < -0.4 is 15.4 Å². The van der Waals surface area contributed by atoms with Gasteiger partial charge in [-0.25, -0.2) is 9.37 Å². The van der Waals surface area contributed by atoms with Gasteiger partial charge in [-0.15, -0.1) is 11.3 Å². The topological polar surface area (TPSA) is 63.2 Å². The minimum atomic E-state index is -0.287. The van der Waals surface area contributed by atoms with Gasteiger partial charge >= 0.3 is 0 Å². The van der Waals surface area contributed by atoms with Gasteiger partial charge in [0.25, 0.3) is 5.91 Å². The monoisotopic (exact) mass is 411 g/mol. The third kappa shape index (κ3) is 4.92. The number of methoxy groups -OCH3 is 1. The van der Waals surface area contributed by atoms with Gasteiger partial charge in [0, 0.05) is 22.7 Å². The maximum absolute atomic E-state index is 14.2. The van der Waals surface area contributed by atoms with Gasteiger partial charge in [0.05, 0.1) is 12.8 Å². The van der Waals surface area contributed by atoms with Crippen molar-refractivity contribution in [3.8, 4) is 5.75 Å². The molecule has 2 N–H and O–H groups in total. The molecule has 150 valence electrons. The van der Waals surface area contributed by atoms with E-state index in [2.05, 4.69) is 15.6 Å². The number of hydrogen-bond donors (Lipinski definition) is 2. The van der Waals surface area contributed by atoms with Gasteiger partial charge < -0.3 is 15.4 Å². The Hall–Kier alpha value is -2.93. The Morgan fingerprint density at radius 3 is 2.86 bits per heavy atom. The maximum atomic E-state index is 14.2. The Morgan fingerprint density at radius 1 is 1.24 bits per heavy atom. The van der Waals surface area contributed by atoms with E-state index in [1.807, 2.05) is 24.3 Å². The lowest BCUT2D eigenvalue weighted by Gasteiger charge is -2.08. The summed E-state index contributed by atoms with van der Waals surface area (Å²) in [6.45, 7) is 0. The molecule has 29 heavy (non-hydrogen) atoms. The molecule has 0 unspecified atom stereocenters. The van der Waals surface area contributed by atoms with Gasteiger partial charge in [0.2, 0.25) is 0 Å². The van der Waals surface area contributed by atoms with Gasteiger partial charge in [-0.2, -0.15) is 0 Å². The van der Waals surface area contributed by atoms with Crippen LogP contribution in [0, 0.1) is 5.82 Å². The lowest BCUT2D eigenvalue weighted by molar-refractivity contribution is 0.0951. The standard InChI is InChI=1S/C22H22FN3O2S/c1-28-20-5-3-2-4-19(20)26-22-24-13-17(29-22)10-6-14-12-15(7-11-18(14)23)21(27)25-16-8-9-16/h2-5,7,11-13,16H,6,8-10H2,1H3,(H,24,26)(H,25,27). The van der Waals surface area contributed by atoms with Crippen LogP contribution in [0.1, 0.15) is 33.6 Å². The van der Waals surface area contributed by atoms with Crippen LogP contribution >= 0.6 is 11.3 Å². The molecular weight excluding hydrogens is 389 g/mol. The van der Waals surface area contributed by atoms with Gasteiger partial charge in [0.15, 0.2) is 5.13 Å². The molecule has 4 rings (SSSR count). The summed E-state index contributed by atoms with van der Waals surface area (Å²) >= 11 is 1.52. The molecule has 1 amide bonds. The molecule has 7 heteroatoms. The molecule has 5 nitrogen and oxygen atoms in total. The van der Waals surface area contributed by atoms with E-state index < -0.39 is 0 Å². The third-order valence-electron chi connectivity index (χ3n) is 4.76. The Morgan fingerprint density at radius 2 is 2.07 bits per heavy atom. The lowest BCUT2D eigenvalue weighted by Crippen LogP contribution is -2.25. The minimum Gasteiger partial charge on any atom is -0.495 e. The highest BCUT2D eigenvalue weighted by atomic mass is 32.1. The Balaban J connectivity index is 1.40. The van der Waals surface area contributed by atoms with E-state index in [1.54, 1.807) is 25.4 Å². The molecule has 1 aromatic heterocycles. The van der Waals surface area contributed by atoms with Crippen LogP contribution in [-0.4, -0.2) is 24.0 Å². The molecule has 0 aliphatic heterocycles. The summed E-state index contributed by atoms with van der Waals surface area (Å²) in [7, 11) is 1.63. The number of para-hydroxylation sites is 2. The number of nitrogens with one attached hydrogen (secondary N) is 2. The number of thiazole rings is 1. The van der Waals surface area contributed by atoms with Crippen LogP contribution in [0.4, 0.5) is 15.2 Å². The van der Waals surface area contributed by atoms with Crippen molar-refractivity contribution in [3.63, 3.8) is 0 Å². The molecule has 2 aromatic carbocycles. The first-order valence-corrected chi connectivity index (χ1v) is 10.4. The number of benzene rings is 2. The van der Waals surface area contributed by atoms with Crippen LogP contribution in [0.25, 0.3) is 0 Å². The number of carbonyl (C=O) groups is 1. The summed E-state index contributed by atoms with van der Waals surface area (Å²) in [5.74, 6) is 0.326. The van der Waals surface area contributed by atoms with Crippen molar-refractivity contribution in [2.24, 2.45) is 0 Å². The molecule has 0 atom stereocenters. The Bertz CT molecular complexity index is 1020. The molecule has 1 aliphatic rings. The number of carbonyl (C=O) groups excluding carboxylic acids is 1. The predicted molar refractivity (Wildman–Crippen MR) is 113 cm³/mol. The number of halogens is 1. The molecule has 0 spiro atoms. The fourth-order valence-electron chi connectivity index (χ4n) is 3.01. The zero-order valence-electron chi connectivity index (χ0n) is 16.1. The summed E-state index contributed by atoms with van der Waals surface area (Å²) in [5.41, 5.74) is 1.90. The largest absolute Gasteiger partial charge is 0.495 e. The third-order valence-corrected chi connectivity index (χ3v) is 5.74. The molecule has 1 aliphatic carbocycles. The second kappa shape index (κ2) is 8.61. The molecule has 0 saturated heterocycles. The second-order valence-electron chi connectivity index (χ2n) is 7.01. The summed E-state index contributed by atoms with van der Waals surface area (Å²) in [6, 6.07) is 12.5. The number of aryl methyl sites for hydroxylation is 2. The molecular formula is C22H22FN3O2S. The molecule has 1 saturated carbocycles. The number of amides is 1. The van der Waals surface area contributed by atoms with Crippen LogP contribution in [0.3, 0.4) is 0 Å². The number of hydrogen-bond acceptors (Lipinski definition) is 5. The summed E-state index contributed by atoms with van der Waals surface area (Å²) < 4.78 is 19.6. The average Bonchev–Trinajstić information content (AvgIpc) is 3.44. The van der Waals surface area contributed by atoms with E-state index in [4.69, 9.17) is 4.74 Å². The summed E-state index contributed by atoms with van der Waals surface area (Å²) in [4.78, 5) is 17.6. The summed E-state index contributed by atoms with van der Waals surface area (Å²) in [6.07, 6.45) is 5.00. The maximum Gasteiger partial charge on any atom is 0.251 e. The van der Waals surface area contributed by atoms with Crippen LogP contribution in [0.2, 0.25) is 0 Å². The quantitative estimate of drug-likeness (QED) is 0.563. The average molecular weight is 412 g/mol. The number of nitrogens with zero attached hydrogens (tertiary/aromatic N) is 1. The molecule has 0 radical (unpaired) electrons. The Kier molecular flexibility index (Phi) is 5.76. The smallest absolute Gasteiger partial charge is 0.251 e. The first-order valence-electron chi connectivity index (χ1n) is 9.56. The fourth-order valence-corrected chi connectivity index (χ4v) is 3.83.